The van der Waals surface area contributed by atoms with Gasteiger partial charge < -0.3 is 4.74 Å². The molecule has 0 bridgehead atoms. The van der Waals surface area contributed by atoms with Gasteiger partial charge >= 0.3 is 0 Å². The van der Waals surface area contributed by atoms with Crippen LogP contribution in [0.15, 0.2) is 79.1 Å². The van der Waals surface area contributed by atoms with Crippen molar-refractivity contribution in [2.24, 2.45) is 0 Å². The molecule has 4 aromatic rings. The number of hydrogen-bond acceptors (Lipinski definition) is 2. The molecule has 0 aliphatic carbocycles. The molecule has 23 heavy (non-hydrogen) atoms. The van der Waals surface area contributed by atoms with Crippen molar-refractivity contribution in [2.45, 2.75) is 0 Å². The van der Waals surface area contributed by atoms with E-state index in [0.29, 0.717) is 0 Å². The van der Waals surface area contributed by atoms with Crippen LogP contribution in [0.3, 0.4) is 0 Å². The van der Waals surface area contributed by atoms with E-state index in [1.54, 1.807) is 7.11 Å². The molecule has 1 aromatic heterocycles. The number of hydrogen-bond donors (Lipinski definition) is 0. The van der Waals surface area contributed by atoms with Gasteiger partial charge in [0.2, 0.25) is 0 Å². The number of fused-ring (bicyclic) bond motifs is 1. The molecule has 0 fully saturated rings. The predicted molar refractivity (Wildman–Crippen MR) is 93.1 cm³/mol. The van der Waals surface area contributed by atoms with Crippen LogP contribution in [0.4, 0.5) is 0 Å². The highest BCUT2D eigenvalue weighted by atomic mass is 16.5. The summed E-state index contributed by atoms with van der Waals surface area (Å²) in [4.78, 5) is 4.44. The van der Waals surface area contributed by atoms with Crippen molar-refractivity contribution in [1.82, 2.24) is 9.55 Å². The van der Waals surface area contributed by atoms with E-state index in [1.807, 2.05) is 42.7 Å². The molecule has 112 valence electrons. The van der Waals surface area contributed by atoms with E-state index >= 15 is 0 Å². The summed E-state index contributed by atoms with van der Waals surface area (Å²) < 4.78 is 7.40. The first kappa shape index (κ1) is 13.6. The number of rotatable bonds is 3. The number of para-hydroxylation sites is 2. The van der Waals surface area contributed by atoms with Crippen LogP contribution >= 0.6 is 0 Å². The number of benzene rings is 3. The molecule has 0 amide bonds. The van der Waals surface area contributed by atoms with Crippen molar-refractivity contribution in [1.29, 1.82) is 0 Å². The number of nitrogens with zero attached hydrogens (tertiary/aromatic N) is 2. The fraction of sp³-hybridized carbons (Fsp3) is 0.0500. The van der Waals surface area contributed by atoms with Gasteiger partial charge in [-0.1, -0.05) is 36.4 Å². The summed E-state index contributed by atoms with van der Waals surface area (Å²) in [6.07, 6.45) is 1.87. The van der Waals surface area contributed by atoms with Gasteiger partial charge in [-0.2, -0.15) is 0 Å². The minimum atomic E-state index is 0.868. The highest BCUT2D eigenvalue weighted by molar-refractivity contribution is 5.77. The fourth-order valence-corrected chi connectivity index (χ4v) is 2.78. The maximum Gasteiger partial charge on any atom is 0.119 e. The van der Waals surface area contributed by atoms with Gasteiger partial charge in [-0.3, -0.25) is 4.57 Å². The molecule has 4 rings (SSSR count). The smallest absolute Gasteiger partial charge is 0.119 e. The lowest BCUT2D eigenvalue weighted by Gasteiger charge is -2.08. The third kappa shape index (κ3) is 2.46. The lowest BCUT2D eigenvalue weighted by atomic mass is 10.1. The van der Waals surface area contributed by atoms with Gasteiger partial charge in [-0.15, -0.1) is 0 Å². The average molecular weight is 300 g/mol. The zero-order valence-electron chi connectivity index (χ0n) is 12.8. The molecule has 0 aliphatic heterocycles. The van der Waals surface area contributed by atoms with Crippen LogP contribution in [0.5, 0.6) is 5.75 Å². The Morgan fingerprint density at radius 3 is 2.48 bits per heavy atom. The second kappa shape index (κ2) is 5.61. The van der Waals surface area contributed by atoms with Crippen molar-refractivity contribution >= 4 is 11.0 Å². The molecule has 0 spiro atoms. The van der Waals surface area contributed by atoms with E-state index in [-0.39, 0.29) is 0 Å². The Hall–Kier alpha value is -3.07. The lowest BCUT2D eigenvalue weighted by Crippen LogP contribution is -1.91. The van der Waals surface area contributed by atoms with E-state index in [1.165, 1.54) is 0 Å². The molecule has 3 nitrogen and oxygen atoms in total. The minimum Gasteiger partial charge on any atom is -0.497 e. The molecule has 3 heteroatoms. The van der Waals surface area contributed by atoms with E-state index < -0.39 is 0 Å². The molecule has 0 saturated heterocycles. The van der Waals surface area contributed by atoms with Gasteiger partial charge in [0, 0.05) is 5.69 Å². The van der Waals surface area contributed by atoms with Crippen LogP contribution in [-0.2, 0) is 0 Å². The number of imidazole rings is 1. The molecule has 0 aliphatic rings. The van der Waals surface area contributed by atoms with Crippen LogP contribution in [0, 0.1) is 0 Å². The summed E-state index contributed by atoms with van der Waals surface area (Å²) in [5.41, 5.74) is 5.53. The number of aromatic nitrogens is 2. The maximum atomic E-state index is 5.29. The zero-order valence-corrected chi connectivity index (χ0v) is 12.8. The normalized spacial score (nSPS) is 10.8. The lowest BCUT2D eigenvalue weighted by molar-refractivity contribution is 0.415. The minimum absolute atomic E-state index is 0.868. The topological polar surface area (TPSA) is 27.1 Å². The van der Waals surface area contributed by atoms with Crippen molar-refractivity contribution in [3.63, 3.8) is 0 Å². The van der Waals surface area contributed by atoms with Crippen molar-refractivity contribution in [3.05, 3.63) is 79.1 Å². The molecule has 1 heterocycles. The van der Waals surface area contributed by atoms with Gasteiger partial charge in [-0.05, 0) is 47.5 Å². The van der Waals surface area contributed by atoms with Gasteiger partial charge in [0.1, 0.15) is 12.1 Å². The zero-order chi connectivity index (χ0) is 15.6. The van der Waals surface area contributed by atoms with Crippen LogP contribution < -0.4 is 4.74 Å². The van der Waals surface area contributed by atoms with Crippen LogP contribution in [-0.4, -0.2) is 16.7 Å². The van der Waals surface area contributed by atoms with Crippen LogP contribution in [0.1, 0.15) is 0 Å². The summed E-state index contributed by atoms with van der Waals surface area (Å²) in [5, 5.41) is 0. The summed E-state index contributed by atoms with van der Waals surface area (Å²) in [7, 11) is 1.69. The summed E-state index contributed by atoms with van der Waals surface area (Å²) >= 11 is 0. The first-order valence-corrected chi connectivity index (χ1v) is 7.52. The van der Waals surface area contributed by atoms with Gasteiger partial charge in [-0.25, -0.2) is 4.98 Å². The third-order valence-corrected chi connectivity index (χ3v) is 4.00. The highest BCUT2D eigenvalue weighted by Gasteiger charge is 2.05. The predicted octanol–water partition coefficient (Wildman–Crippen LogP) is 4.70. The van der Waals surface area contributed by atoms with Crippen LogP contribution in [0.2, 0.25) is 0 Å². The Morgan fingerprint density at radius 1 is 0.826 bits per heavy atom. The number of methoxy groups -OCH3 is 1. The molecule has 3 aromatic carbocycles. The second-order valence-electron chi connectivity index (χ2n) is 5.38. The van der Waals surface area contributed by atoms with E-state index in [2.05, 4.69) is 45.9 Å². The SMILES string of the molecule is COc1cccc(-c2ccc(-n3cnc4ccccc43)cc2)c1. The third-order valence-electron chi connectivity index (χ3n) is 4.00. The molecular weight excluding hydrogens is 284 g/mol. The second-order valence-corrected chi connectivity index (χ2v) is 5.38. The van der Waals surface area contributed by atoms with E-state index in [4.69, 9.17) is 4.74 Å². The molecule has 0 N–H and O–H groups in total. The summed E-state index contributed by atoms with van der Waals surface area (Å²) in [5.74, 6) is 0.868. The molecular formula is C20H16N2O. The van der Waals surface area contributed by atoms with Crippen molar-refractivity contribution in [3.8, 4) is 22.6 Å². The Labute approximate surface area is 134 Å². The quantitative estimate of drug-likeness (QED) is 0.548. The molecule has 0 atom stereocenters. The summed E-state index contributed by atoms with van der Waals surface area (Å²) in [6.45, 7) is 0. The van der Waals surface area contributed by atoms with Crippen molar-refractivity contribution in [2.75, 3.05) is 7.11 Å². The number of ether oxygens (including phenoxy) is 1. The first-order chi connectivity index (χ1) is 11.3. The summed E-state index contributed by atoms with van der Waals surface area (Å²) in [6, 6.07) is 24.7. The van der Waals surface area contributed by atoms with Gasteiger partial charge in [0.25, 0.3) is 0 Å². The van der Waals surface area contributed by atoms with Gasteiger partial charge in [0.05, 0.1) is 18.1 Å². The molecule has 0 radical (unpaired) electrons. The van der Waals surface area contributed by atoms with Crippen molar-refractivity contribution < 1.29 is 4.74 Å². The molecule has 0 unspecified atom stereocenters. The standard InChI is InChI=1S/C20H16N2O/c1-23-18-6-4-5-16(13-18)15-9-11-17(12-10-15)22-14-21-19-7-2-3-8-20(19)22/h2-14H,1H3. The Balaban J connectivity index is 1.73. The maximum absolute atomic E-state index is 5.29. The Bertz CT molecular complexity index is 955. The average Bonchev–Trinajstić information content (AvgIpc) is 3.06. The Kier molecular flexibility index (Phi) is 3.31. The first-order valence-electron chi connectivity index (χ1n) is 7.52. The monoisotopic (exact) mass is 300 g/mol. The van der Waals surface area contributed by atoms with E-state index in [0.717, 1.165) is 33.6 Å². The fourth-order valence-electron chi connectivity index (χ4n) is 2.78. The van der Waals surface area contributed by atoms with Crippen LogP contribution in [0.25, 0.3) is 27.8 Å². The van der Waals surface area contributed by atoms with E-state index in [9.17, 15) is 0 Å². The molecule has 0 saturated carbocycles. The highest BCUT2D eigenvalue weighted by Crippen LogP contribution is 2.25. The largest absolute Gasteiger partial charge is 0.497 e. The Morgan fingerprint density at radius 2 is 1.65 bits per heavy atom. The van der Waals surface area contributed by atoms with Gasteiger partial charge in [0.15, 0.2) is 0 Å².